The van der Waals surface area contributed by atoms with Gasteiger partial charge in [0.15, 0.2) is 0 Å². The number of anilines is 1. The van der Waals surface area contributed by atoms with E-state index in [-0.39, 0.29) is 18.4 Å². The van der Waals surface area contributed by atoms with Gasteiger partial charge < -0.3 is 15.1 Å². The third kappa shape index (κ3) is 5.34. The van der Waals surface area contributed by atoms with Crippen molar-refractivity contribution in [2.24, 2.45) is 11.8 Å². The summed E-state index contributed by atoms with van der Waals surface area (Å²) in [5, 5.41) is 2.86. The van der Waals surface area contributed by atoms with Crippen molar-refractivity contribution in [3.05, 3.63) is 29.8 Å². The van der Waals surface area contributed by atoms with E-state index in [1.54, 1.807) is 7.05 Å². The predicted molar refractivity (Wildman–Crippen MR) is 96.9 cm³/mol. The first-order valence-electron chi connectivity index (χ1n) is 8.68. The molecule has 5 nitrogen and oxygen atoms in total. The van der Waals surface area contributed by atoms with E-state index in [1.165, 1.54) is 30.5 Å². The van der Waals surface area contributed by atoms with Gasteiger partial charge in [-0.05, 0) is 36.0 Å². The second kappa shape index (κ2) is 8.29. The maximum atomic E-state index is 12.0. The zero-order chi connectivity index (χ0) is 17.7. The maximum Gasteiger partial charge on any atom is 0.243 e. The highest BCUT2D eigenvalue weighted by atomic mass is 16.2. The molecule has 1 aliphatic rings. The number of amides is 2. The molecule has 1 aliphatic heterocycles. The quantitative estimate of drug-likeness (QED) is 0.870. The summed E-state index contributed by atoms with van der Waals surface area (Å²) in [4.78, 5) is 27.1. The third-order valence-electron chi connectivity index (χ3n) is 4.91. The first-order valence-corrected chi connectivity index (χ1v) is 8.68. The fourth-order valence-electron chi connectivity index (χ4n) is 3.05. The minimum absolute atomic E-state index is 0.0725. The van der Waals surface area contributed by atoms with E-state index in [0.717, 1.165) is 30.5 Å². The Morgan fingerprint density at radius 1 is 1.25 bits per heavy atom. The van der Waals surface area contributed by atoms with E-state index in [2.05, 4.69) is 30.1 Å². The van der Waals surface area contributed by atoms with Gasteiger partial charge in [-0.2, -0.15) is 0 Å². The number of rotatable bonds is 6. The Bertz CT molecular complexity index is 578. The number of carbonyl (C=O) groups is 2. The maximum absolute atomic E-state index is 12.0. The van der Waals surface area contributed by atoms with E-state index >= 15 is 0 Å². The molecule has 0 radical (unpaired) electrons. The van der Waals surface area contributed by atoms with Crippen molar-refractivity contribution < 1.29 is 9.59 Å². The van der Waals surface area contributed by atoms with Crippen LogP contribution in [0.4, 0.5) is 5.69 Å². The fourth-order valence-corrected chi connectivity index (χ4v) is 3.05. The molecule has 0 spiro atoms. The van der Waals surface area contributed by atoms with Crippen molar-refractivity contribution in [3.63, 3.8) is 0 Å². The van der Waals surface area contributed by atoms with Gasteiger partial charge in [0.1, 0.15) is 0 Å². The molecule has 2 unspecified atom stereocenters. The first kappa shape index (κ1) is 18.5. The summed E-state index contributed by atoms with van der Waals surface area (Å²) in [7, 11) is 1.62. The summed E-state index contributed by atoms with van der Waals surface area (Å²) in [5.41, 5.74) is 2.01. The van der Waals surface area contributed by atoms with Crippen LogP contribution in [0.15, 0.2) is 24.3 Å². The number of carbonyl (C=O) groups excluding carboxylic acids is 2. The molecular weight excluding hydrogens is 302 g/mol. The SMILES string of the molecule is CC(=O)N(C)CC(=O)Nc1cccc(CCN2CC(C)C(C)C2)c1. The number of hydrogen-bond donors (Lipinski definition) is 1. The smallest absolute Gasteiger partial charge is 0.243 e. The Morgan fingerprint density at radius 2 is 1.92 bits per heavy atom. The standard InChI is InChI=1S/C19H29N3O2/c1-14-11-22(12-15(14)2)9-8-17-6-5-7-18(10-17)20-19(24)13-21(4)16(3)23/h5-7,10,14-15H,8-9,11-13H2,1-4H3,(H,20,24). The molecule has 5 heteroatoms. The van der Waals surface area contributed by atoms with Gasteiger partial charge in [0.2, 0.25) is 11.8 Å². The molecule has 0 bridgehead atoms. The molecule has 1 aromatic rings. The van der Waals surface area contributed by atoms with Crippen LogP contribution in [0.25, 0.3) is 0 Å². The minimum atomic E-state index is -0.174. The van der Waals surface area contributed by atoms with Gasteiger partial charge in [0, 0.05) is 39.3 Å². The van der Waals surface area contributed by atoms with Crippen LogP contribution in [0.5, 0.6) is 0 Å². The highest BCUT2D eigenvalue weighted by Crippen LogP contribution is 2.22. The molecule has 2 rings (SSSR count). The lowest BCUT2D eigenvalue weighted by atomic mass is 10.0. The zero-order valence-corrected chi connectivity index (χ0v) is 15.2. The Morgan fingerprint density at radius 3 is 2.54 bits per heavy atom. The van der Waals surface area contributed by atoms with Crippen molar-refractivity contribution >= 4 is 17.5 Å². The topological polar surface area (TPSA) is 52.7 Å². The van der Waals surface area contributed by atoms with Crippen LogP contribution in [0.2, 0.25) is 0 Å². The predicted octanol–water partition coefficient (Wildman–Crippen LogP) is 2.23. The zero-order valence-electron chi connectivity index (χ0n) is 15.2. The lowest BCUT2D eigenvalue weighted by molar-refractivity contribution is -0.131. The average molecular weight is 331 g/mol. The Kier molecular flexibility index (Phi) is 6.37. The highest BCUT2D eigenvalue weighted by Gasteiger charge is 2.25. The largest absolute Gasteiger partial charge is 0.337 e. The second-order valence-corrected chi connectivity index (χ2v) is 7.09. The van der Waals surface area contributed by atoms with Gasteiger partial charge in [-0.3, -0.25) is 9.59 Å². The molecule has 1 heterocycles. The van der Waals surface area contributed by atoms with Crippen LogP contribution in [0.1, 0.15) is 26.3 Å². The molecule has 2 amide bonds. The van der Waals surface area contributed by atoms with Crippen molar-refractivity contribution in [2.45, 2.75) is 27.2 Å². The number of likely N-dealkylation sites (tertiary alicyclic amines) is 1. The van der Waals surface area contributed by atoms with Crippen LogP contribution in [-0.4, -0.2) is 54.8 Å². The summed E-state index contributed by atoms with van der Waals surface area (Å²) in [5.74, 6) is 1.25. The van der Waals surface area contributed by atoms with Crippen LogP contribution in [-0.2, 0) is 16.0 Å². The summed E-state index contributed by atoms with van der Waals surface area (Å²) < 4.78 is 0. The van der Waals surface area contributed by atoms with E-state index < -0.39 is 0 Å². The van der Waals surface area contributed by atoms with Gasteiger partial charge in [-0.15, -0.1) is 0 Å². The first-order chi connectivity index (χ1) is 11.3. The van der Waals surface area contributed by atoms with Crippen LogP contribution >= 0.6 is 0 Å². The molecule has 0 aromatic heterocycles. The normalized spacial score (nSPS) is 20.8. The monoisotopic (exact) mass is 331 g/mol. The van der Waals surface area contributed by atoms with Crippen molar-refractivity contribution in [3.8, 4) is 0 Å². The van der Waals surface area contributed by atoms with Crippen molar-refractivity contribution in [2.75, 3.05) is 38.5 Å². The summed E-state index contributed by atoms with van der Waals surface area (Å²) >= 11 is 0. The third-order valence-corrected chi connectivity index (χ3v) is 4.91. The van der Waals surface area contributed by atoms with Gasteiger partial charge in [0.25, 0.3) is 0 Å². The van der Waals surface area contributed by atoms with Crippen LogP contribution < -0.4 is 5.32 Å². The number of hydrogen-bond acceptors (Lipinski definition) is 3. The van der Waals surface area contributed by atoms with E-state index in [1.807, 2.05) is 18.2 Å². The van der Waals surface area contributed by atoms with Crippen LogP contribution in [0.3, 0.4) is 0 Å². The van der Waals surface area contributed by atoms with E-state index in [4.69, 9.17) is 0 Å². The summed E-state index contributed by atoms with van der Waals surface area (Å²) in [6.45, 7) is 9.57. The molecule has 24 heavy (non-hydrogen) atoms. The summed E-state index contributed by atoms with van der Waals surface area (Å²) in [6.07, 6.45) is 0.983. The molecule has 132 valence electrons. The molecule has 1 fully saturated rings. The molecule has 1 aromatic carbocycles. The molecule has 0 saturated carbocycles. The van der Waals surface area contributed by atoms with Gasteiger partial charge >= 0.3 is 0 Å². The van der Waals surface area contributed by atoms with Crippen LogP contribution in [0, 0.1) is 11.8 Å². The van der Waals surface area contributed by atoms with Gasteiger partial charge in [-0.1, -0.05) is 26.0 Å². The molecule has 1 saturated heterocycles. The van der Waals surface area contributed by atoms with E-state index in [0.29, 0.717) is 0 Å². The molecule has 2 atom stereocenters. The van der Waals surface area contributed by atoms with Crippen molar-refractivity contribution in [1.82, 2.24) is 9.80 Å². The average Bonchev–Trinajstić information content (AvgIpc) is 2.84. The number of nitrogens with zero attached hydrogens (tertiary/aromatic N) is 2. The fraction of sp³-hybridized carbons (Fsp3) is 0.579. The molecular formula is C19H29N3O2. The Balaban J connectivity index is 1.85. The van der Waals surface area contributed by atoms with Gasteiger partial charge in [-0.25, -0.2) is 0 Å². The lowest BCUT2D eigenvalue weighted by Crippen LogP contribution is -2.33. The lowest BCUT2D eigenvalue weighted by Gasteiger charge is -2.16. The molecule has 1 N–H and O–H groups in total. The number of nitrogens with one attached hydrogen (secondary N) is 1. The van der Waals surface area contributed by atoms with E-state index in [9.17, 15) is 9.59 Å². The highest BCUT2D eigenvalue weighted by molar-refractivity contribution is 5.94. The van der Waals surface area contributed by atoms with Gasteiger partial charge in [0.05, 0.1) is 6.54 Å². The molecule has 0 aliphatic carbocycles. The minimum Gasteiger partial charge on any atom is -0.337 e. The Hall–Kier alpha value is -1.88. The summed E-state index contributed by atoms with van der Waals surface area (Å²) in [6, 6.07) is 7.97. The van der Waals surface area contributed by atoms with Crippen molar-refractivity contribution in [1.29, 1.82) is 0 Å². The second-order valence-electron chi connectivity index (χ2n) is 7.09. The number of benzene rings is 1. The number of likely N-dealkylation sites (N-methyl/N-ethyl adjacent to an activating group) is 1. The Labute approximate surface area is 145 Å².